The molecule has 5 nitrogen and oxygen atoms in total. The van der Waals surface area contributed by atoms with Gasteiger partial charge in [0, 0.05) is 30.0 Å². The largest absolute Gasteiger partial charge is 0.461 e. The van der Waals surface area contributed by atoms with Crippen molar-refractivity contribution in [2.45, 2.75) is 13.5 Å². The van der Waals surface area contributed by atoms with E-state index in [9.17, 15) is 4.79 Å². The van der Waals surface area contributed by atoms with Gasteiger partial charge in [-0.25, -0.2) is 4.79 Å². The molecule has 1 fully saturated rings. The first-order chi connectivity index (χ1) is 10.7. The predicted molar refractivity (Wildman–Crippen MR) is 85.4 cm³/mol. The fraction of sp³-hybridized carbons (Fsp3) is 0.438. The van der Waals surface area contributed by atoms with Gasteiger partial charge >= 0.3 is 5.97 Å². The first kappa shape index (κ1) is 15.3. The Hall–Kier alpha value is -1.56. The van der Waals surface area contributed by atoms with E-state index in [0.717, 1.165) is 49.3 Å². The summed E-state index contributed by atoms with van der Waals surface area (Å²) in [4.78, 5) is 17.4. The number of carbonyl (C=O) groups excluding carboxylic acids is 1. The Bertz CT molecular complexity index is 677. The number of aromatic nitrogens is 1. The maximum Gasteiger partial charge on any atom is 0.354 e. The van der Waals surface area contributed by atoms with Gasteiger partial charge in [-0.05, 0) is 24.6 Å². The molecule has 1 aliphatic heterocycles. The van der Waals surface area contributed by atoms with E-state index in [0.29, 0.717) is 17.3 Å². The number of benzene rings is 1. The summed E-state index contributed by atoms with van der Waals surface area (Å²) in [6, 6.07) is 5.65. The summed E-state index contributed by atoms with van der Waals surface area (Å²) < 4.78 is 10.4. The molecule has 0 radical (unpaired) electrons. The van der Waals surface area contributed by atoms with Crippen molar-refractivity contribution in [1.29, 1.82) is 0 Å². The predicted octanol–water partition coefficient (Wildman–Crippen LogP) is 2.83. The fourth-order valence-electron chi connectivity index (χ4n) is 2.69. The molecule has 2 aromatic rings. The molecule has 0 saturated carbocycles. The normalized spacial score (nSPS) is 16.1. The van der Waals surface area contributed by atoms with Crippen molar-refractivity contribution in [1.82, 2.24) is 9.88 Å². The van der Waals surface area contributed by atoms with E-state index in [-0.39, 0.29) is 5.97 Å². The molecule has 3 rings (SSSR count). The number of esters is 1. The monoisotopic (exact) mass is 322 g/mol. The van der Waals surface area contributed by atoms with E-state index in [1.807, 2.05) is 12.1 Å². The molecule has 0 aliphatic carbocycles. The third-order valence-electron chi connectivity index (χ3n) is 3.82. The van der Waals surface area contributed by atoms with Crippen LogP contribution in [0.1, 0.15) is 23.0 Å². The van der Waals surface area contributed by atoms with Crippen molar-refractivity contribution in [2.75, 3.05) is 32.9 Å². The number of aromatic amines is 1. The summed E-state index contributed by atoms with van der Waals surface area (Å²) in [7, 11) is 0. The van der Waals surface area contributed by atoms with E-state index >= 15 is 0 Å². The van der Waals surface area contributed by atoms with E-state index in [2.05, 4.69) is 9.88 Å². The second-order valence-corrected chi connectivity index (χ2v) is 5.69. The van der Waals surface area contributed by atoms with Crippen LogP contribution < -0.4 is 0 Å². The smallest absolute Gasteiger partial charge is 0.354 e. The highest BCUT2D eigenvalue weighted by molar-refractivity contribution is 6.35. The summed E-state index contributed by atoms with van der Waals surface area (Å²) >= 11 is 6.26. The highest BCUT2D eigenvalue weighted by atomic mass is 35.5. The summed E-state index contributed by atoms with van der Waals surface area (Å²) in [6.45, 7) is 6.29. The number of hydrogen-bond acceptors (Lipinski definition) is 4. The number of halogens is 1. The fourth-order valence-corrected chi connectivity index (χ4v) is 2.91. The van der Waals surface area contributed by atoms with Crippen LogP contribution >= 0.6 is 11.6 Å². The number of H-pyrrole nitrogens is 1. The Morgan fingerprint density at radius 2 is 2.18 bits per heavy atom. The SMILES string of the molecule is CCOC(=O)c1cc2c(Cl)ccc(CN3CCOCC3)c2[nH]1. The van der Waals surface area contributed by atoms with Crippen LogP contribution in [0.25, 0.3) is 10.9 Å². The first-order valence-electron chi connectivity index (χ1n) is 7.46. The van der Waals surface area contributed by atoms with Gasteiger partial charge in [-0.15, -0.1) is 0 Å². The van der Waals surface area contributed by atoms with Gasteiger partial charge in [-0.1, -0.05) is 17.7 Å². The highest BCUT2D eigenvalue weighted by Gasteiger charge is 2.17. The highest BCUT2D eigenvalue weighted by Crippen LogP contribution is 2.28. The van der Waals surface area contributed by atoms with E-state index in [1.165, 1.54) is 0 Å². The number of rotatable bonds is 4. The number of nitrogens with one attached hydrogen (secondary N) is 1. The van der Waals surface area contributed by atoms with Gasteiger partial charge in [0.25, 0.3) is 0 Å². The van der Waals surface area contributed by atoms with E-state index in [4.69, 9.17) is 21.1 Å². The number of nitrogens with zero attached hydrogens (tertiary/aromatic N) is 1. The molecule has 22 heavy (non-hydrogen) atoms. The Balaban J connectivity index is 1.92. The summed E-state index contributed by atoms with van der Waals surface area (Å²) in [5, 5.41) is 1.49. The standard InChI is InChI=1S/C16H19ClN2O3/c1-2-22-16(20)14-9-12-13(17)4-3-11(15(12)18-14)10-19-5-7-21-8-6-19/h3-4,9,18H,2,5-8,10H2,1H3. The summed E-state index contributed by atoms with van der Waals surface area (Å²) in [5.41, 5.74) is 2.46. The molecule has 118 valence electrons. The lowest BCUT2D eigenvalue weighted by Crippen LogP contribution is -2.35. The molecule has 1 saturated heterocycles. The Kier molecular flexibility index (Phi) is 4.66. The van der Waals surface area contributed by atoms with Crippen molar-refractivity contribution in [2.24, 2.45) is 0 Å². The molecule has 1 aliphatic rings. The number of carbonyl (C=O) groups is 1. The lowest BCUT2D eigenvalue weighted by Gasteiger charge is -2.26. The third-order valence-corrected chi connectivity index (χ3v) is 4.15. The van der Waals surface area contributed by atoms with E-state index in [1.54, 1.807) is 13.0 Å². The van der Waals surface area contributed by atoms with Crippen LogP contribution in [0.5, 0.6) is 0 Å². The van der Waals surface area contributed by atoms with Gasteiger partial charge in [-0.2, -0.15) is 0 Å². The van der Waals surface area contributed by atoms with Gasteiger partial charge in [0.1, 0.15) is 5.69 Å². The molecule has 1 aromatic carbocycles. The molecular weight excluding hydrogens is 304 g/mol. The first-order valence-corrected chi connectivity index (χ1v) is 7.84. The van der Waals surface area contributed by atoms with Crippen LogP contribution in [-0.4, -0.2) is 48.8 Å². The van der Waals surface area contributed by atoms with Gasteiger partial charge in [0.15, 0.2) is 0 Å². The zero-order chi connectivity index (χ0) is 15.5. The molecule has 1 N–H and O–H groups in total. The second-order valence-electron chi connectivity index (χ2n) is 5.29. The average molecular weight is 323 g/mol. The lowest BCUT2D eigenvalue weighted by molar-refractivity contribution is 0.0343. The average Bonchev–Trinajstić information content (AvgIpc) is 2.98. The molecule has 2 heterocycles. The maximum absolute atomic E-state index is 11.9. The van der Waals surface area contributed by atoms with Crippen LogP contribution in [0.2, 0.25) is 5.02 Å². The summed E-state index contributed by atoms with van der Waals surface area (Å²) in [5.74, 6) is -0.355. The molecule has 1 aromatic heterocycles. The molecule has 0 spiro atoms. The lowest BCUT2D eigenvalue weighted by atomic mass is 10.1. The van der Waals surface area contributed by atoms with Gasteiger partial charge in [0.2, 0.25) is 0 Å². The summed E-state index contributed by atoms with van der Waals surface area (Å²) in [6.07, 6.45) is 0. The third kappa shape index (κ3) is 3.11. The van der Waals surface area contributed by atoms with Crippen molar-refractivity contribution in [3.63, 3.8) is 0 Å². The minimum absolute atomic E-state index is 0.350. The van der Waals surface area contributed by atoms with Crippen LogP contribution in [0.3, 0.4) is 0 Å². The van der Waals surface area contributed by atoms with Crippen LogP contribution in [0.15, 0.2) is 18.2 Å². The van der Waals surface area contributed by atoms with Gasteiger partial charge < -0.3 is 14.5 Å². The number of morpholine rings is 1. The van der Waals surface area contributed by atoms with Crippen molar-refractivity contribution >= 4 is 28.5 Å². The number of ether oxygens (including phenoxy) is 2. The molecule has 0 amide bonds. The van der Waals surface area contributed by atoms with Gasteiger partial charge in [0.05, 0.1) is 25.3 Å². The second kappa shape index (κ2) is 6.69. The van der Waals surface area contributed by atoms with Crippen molar-refractivity contribution in [3.8, 4) is 0 Å². The van der Waals surface area contributed by atoms with Crippen LogP contribution in [0.4, 0.5) is 0 Å². The van der Waals surface area contributed by atoms with Crippen LogP contribution in [-0.2, 0) is 16.0 Å². The topological polar surface area (TPSA) is 54.6 Å². The quantitative estimate of drug-likeness (QED) is 0.879. The number of hydrogen-bond donors (Lipinski definition) is 1. The zero-order valence-corrected chi connectivity index (χ0v) is 13.3. The van der Waals surface area contributed by atoms with Crippen molar-refractivity contribution in [3.05, 3.63) is 34.5 Å². The van der Waals surface area contributed by atoms with E-state index < -0.39 is 0 Å². The molecular formula is C16H19ClN2O3. The zero-order valence-electron chi connectivity index (χ0n) is 12.5. The van der Waals surface area contributed by atoms with Gasteiger partial charge in [-0.3, -0.25) is 4.90 Å². The Morgan fingerprint density at radius 1 is 1.41 bits per heavy atom. The molecule has 0 unspecified atom stereocenters. The molecule has 6 heteroatoms. The minimum Gasteiger partial charge on any atom is -0.461 e. The Labute approximate surface area is 134 Å². The van der Waals surface area contributed by atoms with Crippen molar-refractivity contribution < 1.29 is 14.3 Å². The maximum atomic E-state index is 11.9. The molecule has 0 atom stereocenters. The number of fused-ring (bicyclic) bond motifs is 1. The Morgan fingerprint density at radius 3 is 2.91 bits per heavy atom. The minimum atomic E-state index is -0.355. The molecule has 0 bridgehead atoms. The van der Waals surface area contributed by atoms with Crippen LogP contribution in [0, 0.1) is 0 Å².